The number of hydrogen-bond donors (Lipinski definition) is 3. The summed E-state index contributed by atoms with van der Waals surface area (Å²) in [5.74, 6) is 0.126. The standard InChI is InChI=1S/C23H29N3O3S/c1-5-29-22(28)20-18(13-30-14-9-7-6-8-10-14)26(4)17-11-16(24)21(27)15(19(17)20)12-23(2,3)25/h6-11,27H,5,12-13,24-25H2,1-4H3. The Labute approximate surface area is 181 Å². The molecule has 6 nitrogen and oxygen atoms in total. The van der Waals surface area contributed by atoms with Crippen molar-refractivity contribution in [2.45, 2.75) is 43.4 Å². The second kappa shape index (κ2) is 8.62. The van der Waals surface area contributed by atoms with Crippen LogP contribution in [0, 0.1) is 0 Å². The van der Waals surface area contributed by atoms with Crippen LogP contribution in [0.2, 0.25) is 0 Å². The van der Waals surface area contributed by atoms with Crippen molar-refractivity contribution in [2.75, 3.05) is 12.3 Å². The first-order valence-corrected chi connectivity index (χ1v) is 10.9. The number of phenolic OH excluding ortho intramolecular Hbond substituents is 1. The highest BCUT2D eigenvalue weighted by Crippen LogP contribution is 2.40. The van der Waals surface area contributed by atoms with Gasteiger partial charge >= 0.3 is 5.97 Å². The van der Waals surface area contributed by atoms with Gasteiger partial charge in [0.1, 0.15) is 5.75 Å². The Balaban J connectivity index is 2.24. The lowest BCUT2D eigenvalue weighted by atomic mass is 9.91. The van der Waals surface area contributed by atoms with Gasteiger partial charge in [0.15, 0.2) is 0 Å². The van der Waals surface area contributed by atoms with Gasteiger partial charge < -0.3 is 25.9 Å². The van der Waals surface area contributed by atoms with E-state index in [2.05, 4.69) is 0 Å². The first-order chi connectivity index (χ1) is 14.1. The minimum Gasteiger partial charge on any atom is -0.505 e. The lowest BCUT2D eigenvalue weighted by Crippen LogP contribution is -2.34. The smallest absolute Gasteiger partial charge is 0.340 e. The number of thioether (sulfide) groups is 1. The van der Waals surface area contributed by atoms with Crippen LogP contribution in [-0.2, 0) is 24.0 Å². The summed E-state index contributed by atoms with van der Waals surface area (Å²) in [6.45, 7) is 5.79. The quantitative estimate of drug-likeness (QED) is 0.226. The van der Waals surface area contributed by atoms with Crippen LogP contribution in [-0.4, -0.2) is 27.8 Å². The number of aryl methyl sites for hydroxylation is 1. The fourth-order valence-corrected chi connectivity index (χ4v) is 4.62. The van der Waals surface area contributed by atoms with Gasteiger partial charge in [-0.05, 0) is 45.4 Å². The van der Waals surface area contributed by atoms with Gasteiger partial charge in [0.05, 0.1) is 23.4 Å². The number of carbonyl (C=O) groups is 1. The van der Waals surface area contributed by atoms with Gasteiger partial charge in [-0.1, -0.05) is 18.2 Å². The molecule has 30 heavy (non-hydrogen) atoms. The number of fused-ring (bicyclic) bond motifs is 1. The highest BCUT2D eigenvalue weighted by Gasteiger charge is 2.29. The van der Waals surface area contributed by atoms with E-state index in [9.17, 15) is 9.90 Å². The van der Waals surface area contributed by atoms with Gasteiger partial charge in [0, 0.05) is 39.9 Å². The summed E-state index contributed by atoms with van der Waals surface area (Å²) in [4.78, 5) is 14.1. The van der Waals surface area contributed by atoms with Crippen LogP contribution < -0.4 is 11.5 Å². The number of nitrogens with zero attached hydrogens (tertiary/aromatic N) is 1. The molecular weight excluding hydrogens is 398 g/mol. The van der Waals surface area contributed by atoms with Crippen LogP contribution >= 0.6 is 11.8 Å². The highest BCUT2D eigenvalue weighted by atomic mass is 32.2. The number of carbonyl (C=O) groups excluding carboxylic acids is 1. The van der Waals surface area contributed by atoms with Crippen molar-refractivity contribution in [3.8, 4) is 5.75 Å². The zero-order valence-corrected chi connectivity index (χ0v) is 18.7. The van der Waals surface area contributed by atoms with E-state index in [0.717, 1.165) is 16.1 Å². The van der Waals surface area contributed by atoms with E-state index >= 15 is 0 Å². The van der Waals surface area contributed by atoms with E-state index in [4.69, 9.17) is 16.2 Å². The minimum atomic E-state index is -0.598. The first-order valence-electron chi connectivity index (χ1n) is 9.89. The molecule has 0 radical (unpaired) electrons. The molecule has 0 bridgehead atoms. The zero-order chi connectivity index (χ0) is 22.1. The predicted octanol–water partition coefficient (Wildman–Crippen LogP) is 4.21. The summed E-state index contributed by atoms with van der Waals surface area (Å²) in [7, 11) is 1.90. The maximum Gasteiger partial charge on any atom is 0.340 e. The SMILES string of the molecule is CCOC(=O)c1c(CSc2ccccc2)n(C)c2cc(N)c(O)c(CC(C)(C)N)c12. The number of rotatable bonds is 7. The van der Waals surface area contributed by atoms with Crippen molar-refractivity contribution in [1.29, 1.82) is 0 Å². The van der Waals surface area contributed by atoms with Crippen molar-refractivity contribution in [2.24, 2.45) is 12.8 Å². The Kier molecular flexibility index (Phi) is 6.33. The summed E-state index contributed by atoms with van der Waals surface area (Å²) in [5, 5.41) is 11.4. The van der Waals surface area contributed by atoms with Crippen molar-refractivity contribution in [1.82, 2.24) is 4.57 Å². The number of phenols is 1. The van der Waals surface area contributed by atoms with Gasteiger partial charge in [-0.3, -0.25) is 0 Å². The number of nitrogen functional groups attached to an aromatic ring is 1. The van der Waals surface area contributed by atoms with Crippen LogP contribution in [0.1, 0.15) is 42.4 Å². The summed E-state index contributed by atoms with van der Waals surface area (Å²) in [6, 6.07) is 11.7. The molecular formula is C23H29N3O3S. The molecule has 0 aliphatic rings. The van der Waals surface area contributed by atoms with Gasteiger partial charge in [-0.25, -0.2) is 4.79 Å². The predicted molar refractivity (Wildman–Crippen MR) is 123 cm³/mol. The number of anilines is 1. The Morgan fingerprint density at radius 3 is 2.53 bits per heavy atom. The van der Waals surface area contributed by atoms with E-state index < -0.39 is 11.5 Å². The number of aromatic hydroxyl groups is 1. The molecule has 0 saturated carbocycles. The average Bonchev–Trinajstić information content (AvgIpc) is 2.96. The van der Waals surface area contributed by atoms with Crippen LogP contribution in [0.4, 0.5) is 5.69 Å². The Morgan fingerprint density at radius 1 is 1.27 bits per heavy atom. The third-order valence-corrected chi connectivity index (χ3v) is 5.97. The van der Waals surface area contributed by atoms with Gasteiger partial charge in [0.2, 0.25) is 0 Å². The number of hydrogen-bond acceptors (Lipinski definition) is 6. The maximum absolute atomic E-state index is 13.0. The molecule has 0 aliphatic carbocycles. The van der Waals surface area contributed by atoms with E-state index in [1.165, 1.54) is 0 Å². The van der Waals surface area contributed by atoms with Crippen LogP contribution in [0.5, 0.6) is 5.75 Å². The number of esters is 1. The second-order valence-electron chi connectivity index (χ2n) is 8.06. The molecule has 5 N–H and O–H groups in total. The molecule has 0 spiro atoms. The van der Waals surface area contributed by atoms with Crippen molar-refractivity contribution in [3.05, 3.63) is 53.2 Å². The normalized spacial score (nSPS) is 11.8. The summed E-state index contributed by atoms with van der Waals surface area (Å²) in [6.07, 6.45) is 0.363. The molecule has 0 unspecified atom stereocenters. The fraction of sp³-hybridized carbons (Fsp3) is 0.348. The van der Waals surface area contributed by atoms with E-state index in [-0.39, 0.29) is 18.0 Å². The molecule has 7 heteroatoms. The van der Waals surface area contributed by atoms with Crippen molar-refractivity contribution in [3.63, 3.8) is 0 Å². The van der Waals surface area contributed by atoms with Crippen LogP contribution in [0.15, 0.2) is 41.3 Å². The highest BCUT2D eigenvalue weighted by molar-refractivity contribution is 7.98. The minimum absolute atomic E-state index is 0.0283. The van der Waals surface area contributed by atoms with Gasteiger partial charge in [0.25, 0.3) is 0 Å². The molecule has 160 valence electrons. The molecule has 1 heterocycles. The summed E-state index contributed by atoms with van der Waals surface area (Å²) < 4.78 is 7.35. The average molecular weight is 428 g/mol. The first kappa shape index (κ1) is 22.1. The lowest BCUT2D eigenvalue weighted by Gasteiger charge is -2.21. The Morgan fingerprint density at radius 2 is 1.93 bits per heavy atom. The van der Waals surface area contributed by atoms with E-state index in [1.54, 1.807) is 24.8 Å². The van der Waals surface area contributed by atoms with Gasteiger partial charge in [-0.15, -0.1) is 11.8 Å². The number of benzene rings is 2. The fourth-order valence-electron chi connectivity index (χ4n) is 3.62. The topological polar surface area (TPSA) is 104 Å². The Hall–Kier alpha value is -2.64. The molecule has 0 fully saturated rings. The van der Waals surface area contributed by atoms with Crippen LogP contribution in [0.25, 0.3) is 10.9 Å². The number of ether oxygens (including phenoxy) is 1. The zero-order valence-electron chi connectivity index (χ0n) is 17.9. The molecule has 0 aliphatic heterocycles. The number of aromatic nitrogens is 1. The molecule has 2 aromatic carbocycles. The van der Waals surface area contributed by atoms with Gasteiger partial charge in [-0.2, -0.15) is 0 Å². The molecule has 0 saturated heterocycles. The van der Waals surface area contributed by atoms with Crippen LogP contribution in [0.3, 0.4) is 0 Å². The molecule has 3 rings (SSSR count). The van der Waals surface area contributed by atoms with Crippen molar-refractivity contribution >= 4 is 34.3 Å². The molecule has 1 aromatic heterocycles. The third kappa shape index (κ3) is 4.42. The van der Waals surface area contributed by atoms with E-state index in [0.29, 0.717) is 28.7 Å². The summed E-state index contributed by atoms with van der Waals surface area (Å²) >= 11 is 1.63. The molecule has 3 aromatic rings. The summed E-state index contributed by atoms with van der Waals surface area (Å²) in [5.41, 5.74) is 14.7. The maximum atomic E-state index is 13.0. The largest absolute Gasteiger partial charge is 0.505 e. The third-order valence-electron chi connectivity index (χ3n) is 4.94. The lowest BCUT2D eigenvalue weighted by molar-refractivity contribution is 0.0527. The molecule has 0 atom stereocenters. The van der Waals surface area contributed by atoms with Crippen molar-refractivity contribution < 1.29 is 14.6 Å². The van der Waals surface area contributed by atoms with E-state index in [1.807, 2.05) is 55.8 Å². The Bertz CT molecular complexity index is 1070. The molecule has 0 amide bonds. The monoisotopic (exact) mass is 427 g/mol. The number of nitrogens with two attached hydrogens (primary N) is 2. The second-order valence-corrected chi connectivity index (χ2v) is 9.10.